The highest BCUT2D eigenvalue weighted by atomic mass is 16.5. The second kappa shape index (κ2) is 16.5. The summed E-state index contributed by atoms with van der Waals surface area (Å²) in [5, 5.41) is 15.2. The summed E-state index contributed by atoms with van der Waals surface area (Å²) < 4.78 is 4.84. The SMILES string of the molecule is CCCCCOC.OCCO. The molecule has 0 spiro atoms. The minimum atomic E-state index is -0.125. The van der Waals surface area contributed by atoms with Crippen LogP contribution < -0.4 is 0 Å². The number of unbranched alkanes of at least 4 members (excludes halogenated alkanes) is 2. The van der Waals surface area contributed by atoms with Crippen molar-refractivity contribution in [2.75, 3.05) is 26.9 Å². The highest BCUT2D eigenvalue weighted by Gasteiger charge is 1.79. The van der Waals surface area contributed by atoms with Crippen molar-refractivity contribution in [1.29, 1.82) is 0 Å². The van der Waals surface area contributed by atoms with Crippen molar-refractivity contribution >= 4 is 0 Å². The van der Waals surface area contributed by atoms with E-state index < -0.39 is 0 Å². The molecule has 0 aliphatic carbocycles. The van der Waals surface area contributed by atoms with Crippen LogP contribution in [0.5, 0.6) is 0 Å². The fourth-order valence-corrected chi connectivity index (χ4v) is 0.496. The molecule has 0 unspecified atom stereocenters. The molecule has 0 rings (SSSR count). The average molecular weight is 164 g/mol. The van der Waals surface area contributed by atoms with E-state index in [1.54, 1.807) is 7.11 Å². The fourth-order valence-electron chi connectivity index (χ4n) is 0.496. The van der Waals surface area contributed by atoms with Crippen molar-refractivity contribution in [2.24, 2.45) is 0 Å². The molecule has 11 heavy (non-hydrogen) atoms. The third-order valence-corrected chi connectivity index (χ3v) is 1.05. The number of hydrogen-bond donors (Lipinski definition) is 2. The molecule has 0 saturated heterocycles. The molecule has 0 saturated carbocycles. The van der Waals surface area contributed by atoms with Crippen LogP contribution in [0.2, 0.25) is 0 Å². The van der Waals surface area contributed by atoms with Gasteiger partial charge in [-0.1, -0.05) is 19.8 Å². The lowest BCUT2D eigenvalue weighted by Crippen LogP contribution is -1.85. The predicted molar refractivity (Wildman–Crippen MR) is 45.6 cm³/mol. The summed E-state index contributed by atoms with van der Waals surface area (Å²) in [6.07, 6.45) is 3.80. The zero-order valence-electron chi connectivity index (χ0n) is 7.55. The van der Waals surface area contributed by atoms with Crippen LogP contribution >= 0.6 is 0 Å². The topological polar surface area (TPSA) is 49.7 Å². The van der Waals surface area contributed by atoms with Crippen LogP contribution in [-0.2, 0) is 4.74 Å². The number of hydrogen-bond acceptors (Lipinski definition) is 3. The van der Waals surface area contributed by atoms with Gasteiger partial charge in [0.15, 0.2) is 0 Å². The highest BCUT2D eigenvalue weighted by molar-refractivity contribution is 4.32. The molecule has 0 aromatic rings. The van der Waals surface area contributed by atoms with Crippen LogP contribution in [0.25, 0.3) is 0 Å². The van der Waals surface area contributed by atoms with Crippen molar-refractivity contribution in [1.82, 2.24) is 0 Å². The number of rotatable bonds is 5. The summed E-state index contributed by atoms with van der Waals surface area (Å²) >= 11 is 0. The first kappa shape index (κ1) is 13.5. The van der Waals surface area contributed by atoms with Crippen molar-refractivity contribution in [3.63, 3.8) is 0 Å². The van der Waals surface area contributed by atoms with Crippen LogP contribution in [-0.4, -0.2) is 37.1 Å². The Morgan fingerprint density at radius 1 is 1.09 bits per heavy atom. The van der Waals surface area contributed by atoms with Gasteiger partial charge in [-0.3, -0.25) is 0 Å². The van der Waals surface area contributed by atoms with E-state index in [1.165, 1.54) is 19.3 Å². The lowest BCUT2D eigenvalue weighted by atomic mass is 10.3. The van der Waals surface area contributed by atoms with Crippen LogP contribution in [0.1, 0.15) is 26.2 Å². The molecular weight excluding hydrogens is 144 g/mol. The Balaban J connectivity index is 0. The Morgan fingerprint density at radius 3 is 1.91 bits per heavy atom. The first-order chi connectivity index (χ1) is 5.33. The largest absolute Gasteiger partial charge is 0.394 e. The summed E-state index contributed by atoms with van der Waals surface area (Å²) in [6.45, 7) is 2.86. The van der Waals surface area contributed by atoms with Gasteiger partial charge in [-0.15, -0.1) is 0 Å². The quantitative estimate of drug-likeness (QED) is 0.591. The number of aliphatic hydroxyl groups excluding tert-OH is 2. The first-order valence-corrected chi connectivity index (χ1v) is 4.04. The van der Waals surface area contributed by atoms with Gasteiger partial charge in [-0.25, -0.2) is 0 Å². The van der Waals surface area contributed by atoms with Crippen LogP contribution in [0.3, 0.4) is 0 Å². The molecule has 3 heteroatoms. The summed E-state index contributed by atoms with van der Waals surface area (Å²) in [5.41, 5.74) is 0. The highest BCUT2D eigenvalue weighted by Crippen LogP contribution is 1.91. The Labute approximate surface area is 69.0 Å². The molecule has 0 aliphatic rings. The minimum Gasteiger partial charge on any atom is -0.394 e. The second-order valence-corrected chi connectivity index (χ2v) is 2.15. The molecule has 70 valence electrons. The van der Waals surface area contributed by atoms with E-state index in [2.05, 4.69) is 6.92 Å². The molecular formula is C8H20O3. The van der Waals surface area contributed by atoms with Crippen molar-refractivity contribution in [3.05, 3.63) is 0 Å². The third-order valence-electron chi connectivity index (χ3n) is 1.05. The molecule has 0 heterocycles. The number of aliphatic hydroxyl groups is 2. The van der Waals surface area contributed by atoms with Gasteiger partial charge in [0.2, 0.25) is 0 Å². The van der Waals surface area contributed by atoms with Crippen molar-refractivity contribution in [3.8, 4) is 0 Å². The number of methoxy groups -OCH3 is 1. The van der Waals surface area contributed by atoms with E-state index in [0.29, 0.717) is 0 Å². The van der Waals surface area contributed by atoms with Crippen LogP contribution in [0.4, 0.5) is 0 Å². The van der Waals surface area contributed by atoms with Gasteiger partial charge in [0, 0.05) is 13.7 Å². The fraction of sp³-hybridized carbons (Fsp3) is 1.00. The zero-order valence-corrected chi connectivity index (χ0v) is 7.55. The molecule has 0 bridgehead atoms. The second-order valence-electron chi connectivity index (χ2n) is 2.15. The molecule has 0 amide bonds. The van der Waals surface area contributed by atoms with Crippen molar-refractivity contribution < 1.29 is 14.9 Å². The molecule has 3 nitrogen and oxygen atoms in total. The Hall–Kier alpha value is -0.120. The molecule has 0 radical (unpaired) electrons. The summed E-state index contributed by atoms with van der Waals surface area (Å²) in [4.78, 5) is 0. The summed E-state index contributed by atoms with van der Waals surface area (Å²) in [7, 11) is 1.75. The molecule has 0 aromatic carbocycles. The van der Waals surface area contributed by atoms with E-state index in [4.69, 9.17) is 14.9 Å². The maximum Gasteiger partial charge on any atom is 0.0662 e. The van der Waals surface area contributed by atoms with Crippen molar-refractivity contribution in [2.45, 2.75) is 26.2 Å². The molecule has 2 N–H and O–H groups in total. The molecule has 0 fully saturated rings. The summed E-state index contributed by atoms with van der Waals surface area (Å²) in [6, 6.07) is 0. The first-order valence-electron chi connectivity index (χ1n) is 4.04. The van der Waals surface area contributed by atoms with E-state index in [0.717, 1.165) is 6.61 Å². The lowest BCUT2D eigenvalue weighted by molar-refractivity contribution is 0.186. The normalized spacial score (nSPS) is 8.73. The van der Waals surface area contributed by atoms with Gasteiger partial charge in [0.05, 0.1) is 13.2 Å². The predicted octanol–water partition coefficient (Wildman–Crippen LogP) is 0.794. The van der Waals surface area contributed by atoms with Gasteiger partial charge in [0.1, 0.15) is 0 Å². The Kier molecular flexibility index (Phi) is 20.2. The van der Waals surface area contributed by atoms with Gasteiger partial charge < -0.3 is 14.9 Å². The minimum absolute atomic E-state index is 0.125. The van der Waals surface area contributed by atoms with E-state index in [1.807, 2.05) is 0 Å². The third kappa shape index (κ3) is 25.8. The van der Waals surface area contributed by atoms with E-state index >= 15 is 0 Å². The summed E-state index contributed by atoms with van der Waals surface area (Å²) in [5.74, 6) is 0. The van der Waals surface area contributed by atoms with Gasteiger partial charge in [-0.05, 0) is 6.42 Å². The maximum absolute atomic E-state index is 7.62. The van der Waals surface area contributed by atoms with Gasteiger partial charge in [0.25, 0.3) is 0 Å². The Bertz CT molecular complexity index is 42.6. The van der Waals surface area contributed by atoms with Gasteiger partial charge in [-0.2, -0.15) is 0 Å². The maximum atomic E-state index is 7.62. The molecule has 0 atom stereocenters. The Morgan fingerprint density at radius 2 is 1.64 bits per heavy atom. The molecule has 0 aliphatic heterocycles. The average Bonchev–Trinajstić information content (AvgIpc) is 2.06. The smallest absolute Gasteiger partial charge is 0.0662 e. The molecule has 0 aromatic heterocycles. The van der Waals surface area contributed by atoms with Crippen LogP contribution in [0, 0.1) is 0 Å². The number of ether oxygens (including phenoxy) is 1. The monoisotopic (exact) mass is 164 g/mol. The standard InChI is InChI=1S/C6H14O.C2H6O2/c1-3-4-5-6-7-2;3-1-2-4/h3-6H2,1-2H3;3-4H,1-2H2. The van der Waals surface area contributed by atoms with E-state index in [9.17, 15) is 0 Å². The zero-order chi connectivity index (χ0) is 8.95. The lowest BCUT2D eigenvalue weighted by Gasteiger charge is -1.92. The van der Waals surface area contributed by atoms with E-state index in [-0.39, 0.29) is 13.2 Å². The van der Waals surface area contributed by atoms with Gasteiger partial charge >= 0.3 is 0 Å². The van der Waals surface area contributed by atoms with Crippen LogP contribution in [0.15, 0.2) is 0 Å².